The largest absolute Gasteiger partial charge is 0.338 e. The van der Waals surface area contributed by atoms with Crippen LogP contribution in [0, 0.1) is 6.92 Å². The Morgan fingerprint density at radius 2 is 1.75 bits per heavy atom. The lowest BCUT2D eigenvalue weighted by Crippen LogP contribution is -2.31. The van der Waals surface area contributed by atoms with Crippen molar-refractivity contribution < 1.29 is 4.79 Å². The predicted molar refractivity (Wildman–Crippen MR) is 124 cm³/mol. The Morgan fingerprint density at radius 1 is 1.03 bits per heavy atom. The highest BCUT2D eigenvalue weighted by atomic mass is 16.2. The standard InChI is InChI=1S/C24H24N6O2/c1-17-15-22(31)28-23(26-17)30-21(16-20(29-30)19-12-6-3-7-13-19)27-24(32)25-14-8-11-18-9-4-2-5-10-18/h2-7,9-10,12-13,15-16H,8,11,14H2,1H3,(H2,25,27,32)(H,26,28,31). The van der Waals surface area contributed by atoms with Crippen LogP contribution in [0.2, 0.25) is 0 Å². The summed E-state index contributed by atoms with van der Waals surface area (Å²) in [4.78, 5) is 31.5. The number of nitrogens with zero attached hydrogens (tertiary/aromatic N) is 3. The Kier molecular flexibility index (Phi) is 6.41. The fraction of sp³-hybridized carbons (Fsp3) is 0.167. The number of aromatic amines is 1. The van der Waals surface area contributed by atoms with E-state index in [2.05, 4.69) is 37.8 Å². The van der Waals surface area contributed by atoms with Crippen molar-refractivity contribution in [2.24, 2.45) is 0 Å². The SMILES string of the molecule is Cc1cc(=O)[nH]c(-n2nc(-c3ccccc3)cc2NC(=O)NCCCc2ccccc2)n1. The monoisotopic (exact) mass is 428 g/mol. The zero-order chi connectivity index (χ0) is 22.3. The van der Waals surface area contributed by atoms with Crippen molar-refractivity contribution in [2.45, 2.75) is 19.8 Å². The van der Waals surface area contributed by atoms with Gasteiger partial charge in [0.25, 0.3) is 5.56 Å². The summed E-state index contributed by atoms with van der Waals surface area (Å²) < 4.78 is 1.43. The normalized spacial score (nSPS) is 10.7. The van der Waals surface area contributed by atoms with Crippen molar-refractivity contribution in [1.82, 2.24) is 25.1 Å². The highest BCUT2D eigenvalue weighted by molar-refractivity contribution is 5.89. The van der Waals surface area contributed by atoms with Gasteiger partial charge >= 0.3 is 6.03 Å². The zero-order valence-corrected chi connectivity index (χ0v) is 17.7. The lowest BCUT2D eigenvalue weighted by atomic mass is 10.1. The molecular weight excluding hydrogens is 404 g/mol. The molecule has 2 heterocycles. The molecule has 0 aliphatic heterocycles. The van der Waals surface area contributed by atoms with Crippen molar-refractivity contribution in [2.75, 3.05) is 11.9 Å². The number of nitrogens with one attached hydrogen (secondary N) is 3. The van der Waals surface area contributed by atoms with Gasteiger partial charge in [-0.15, -0.1) is 0 Å². The molecule has 0 unspecified atom stereocenters. The minimum atomic E-state index is -0.353. The van der Waals surface area contributed by atoms with E-state index in [1.54, 1.807) is 13.0 Å². The highest BCUT2D eigenvalue weighted by Gasteiger charge is 2.15. The smallest absolute Gasteiger partial charge is 0.320 e. The van der Waals surface area contributed by atoms with Gasteiger partial charge in [0.1, 0.15) is 5.82 Å². The first-order valence-electron chi connectivity index (χ1n) is 10.4. The van der Waals surface area contributed by atoms with E-state index in [4.69, 9.17) is 0 Å². The molecule has 0 saturated carbocycles. The molecule has 0 fully saturated rings. The van der Waals surface area contributed by atoms with Crippen LogP contribution in [0.1, 0.15) is 17.7 Å². The van der Waals surface area contributed by atoms with Crippen molar-refractivity contribution >= 4 is 11.8 Å². The van der Waals surface area contributed by atoms with Gasteiger partial charge in [0.2, 0.25) is 5.95 Å². The maximum Gasteiger partial charge on any atom is 0.320 e. The fourth-order valence-electron chi connectivity index (χ4n) is 3.34. The molecule has 32 heavy (non-hydrogen) atoms. The lowest BCUT2D eigenvalue weighted by Gasteiger charge is -2.09. The molecule has 0 bridgehead atoms. The first-order valence-corrected chi connectivity index (χ1v) is 10.4. The molecule has 8 heteroatoms. The molecule has 0 saturated heterocycles. The number of benzene rings is 2. The van der Waals surface area contributed by atoms with Crippen molar-refractivity contribution in [3.8, 4) is 17.2 Å². The predicted octanol–water partition coefficient (Wildman–Crippen LogP) is 3.69. The number of H-pyrrole nitrogens is 1. The Hall–Kier alpha value is -4.20. The number of rotatable bonds is 7. The molecule has 162 valence electrons. The van der Waals surface area contributed by atoms with E-state index in [1.807, 2.05) is 48.5 Å². The topological polar surface area (TPSA) is 105 Å². The van der Waals surface area contributed by atoms with Gasteiger partial charge in [-0.1, -0.05) is 60.7 Å². The number of amides is 2. The van der Waals surface area contributed by atoms with Gasteiger partial charge in [-0.25, -0.2) is 9.78 Å². The minimum Gasteiger partial charge on any atom is -0.338 e. The Balaban J connectivity index is 1.50. The van der Waals surface area contributed by atoms with Crippen LogP contribution in [0.4, 0.5) is 10.6 Å². The summed E-state index contributed by atoms with van der Waals surface area (Å²) in [5, 5.41) is 10.3. The van der Waals surface area contributed by atoms with E-state index in [-0.39, 0.29) is 17.5 Å². The number of carbonyl (C=O) groups excluding carboxylic acids is 1. The van der Waals surface area contributed by atoms with Crippen LogP contribution >= 0.6 is 0 Å². The van der Waals surface area contributed by atoms with Crippen LogP contribution in [-0.2, 0) is 6.42 Å². The molecule has 0 aliphatic rings. The summed E-state index contributed by atoms with van der Waals surface area (Å²) in [6.45, 7) is 2.26. The molecule has 4 aromatic rings. The van der Waals surface area contributed by atoms with Crippen molar-refractivity contribution in [3.63, 3.8) is 0 Å². The van der Waals surface area contributed by atoms with Crippen molar-refractivity contribution in [1.29, 1.82) is 0 Å². The Bertz CT molecular complexity index is 1250. The maximum absolute atomic E-state index is 12.5. The second kappa shape index (κ2) is 9.74. The Labute approximate surface area is 185 Å². The van der Waals surface area contributed by atoms with Gasteiger partial charge in [-0.05, 0) is 25.3 Å². The average Bonchev–Trinajstić information content (AvgIpc) is 3.21. The van der Waals surface area contributed by atoms with Gasteiger partial charge in [0.15, 0.2) is 0 Å². The first kappa shape index (κ1) is 21.0. The molecule has 0 spiro atoms. The molecule has 3 N–H and O–H groups in total. The number of anilines is 1. The third kappa shape index (κ3) is 5.28. The van der Waals surface area contributed by atoms with Crippen LogP contribution in [0.5, 0.6) is 0 Å². The van der Waals surface area contributed by atoms with Crippen LogP contribution in [-0.4, -0.2) is 32.3 Å². The summed E-state index contributed by atoms with van der Waals surface area (Å²) in [5.74, 6) is 0.634. The number of urea groups is 1. The third-order valence-electron chi connectivity index (χ3n) is 4.85. The van der Waals surface area contributed by atoms with Crippen LogP contribution < -0.4 is 16.2 Å². The molecule has 2 amide bonds. The molecule has 0 atom stereocenters. The van der Waals surface area contributed by atoms with Gasteiger partial charge in [-0.2, -0.15) is 9.78 Å². The second-order valence-electron chi connectivity index (χ2n) is 7.37. The van der Waals surface area contributed by atoms with E-state index in [9.17, 15) is 9.59 Å². The molecule has 0 radical (unpaired) electrons. The number of hydrogen-bond acceptors (Lipinski definition) is 4. The van der Waals surface area contributed by atoms with Crippen LogP contribution in [0.15, 0.2) is 77.6 Å². The summed E-state index contributed by atoms with van der Waals surface area (Å²) in [5.41, 5.74) is 3.02. The second-order valence-corrected chi connectivity index (χ2v) is 7.37. The van der Waals surface area contributed by atoms with Crippen molar-refractivity contribution in [3.05, 3.63) is 94.4 Å². The Morgan fingerprint density at radius 3 is 2.47 bits per heavy atom. The lowest BCUT2D eigenvalue weighted by molar-refractivity contribution is 0.252. The first-order chi connectivity index (χ1) is 15.6. The minimum absolute atomic E-state index is 0.233. The zero-order valence-electron chi connectivity index (χ0n) is 17.7. The summed E-state index contributed by atoms with van der Waals surface area (Å²) in [6.07, 6.45) is 1.70. The molecule has 0 aliphatic carbocycles. The summed E-state index contributed by atoms with van der Waals surface area (Å²) in [6, 6.07) is 22.5. The van der Waals surface area contributed by atoms with E-state index in [0.717, 1.165) is 18.4 Å². The van der Waals surface area contributed by atoms with E-state index >= 15 is 0 Å². The van der Waals surface area contributed by atoms with Crippen LogP contribution in [0.25, 0.3) is 17.2 Å². The number of carbonyl (C=O) groups is 1. The molecule has 2 aromatic carbocycles. The summed E-state index contributed by atoms with van der Waals surface area (Å²) in [7, 11) is 0. The maximum atomic E-state index is 12.5. The van der Waals surface area contributed by atoms with Gasteiger partial charge in [0, 0.05) is 29.9 Å². The van der Waals surface area contributed by atoms with E-state index in [0.29, 0.717) is 23.8 Å². The average molecular weight is 428 g/mol. The number of aryl methyl sites for hydroxylation is 2. The van der Waals surface area contributed by atoms with Gasteiger partial charge < -0.3 is 5.32 Å². The molecule has 2 aromatic heterocycles. The number of aromatic nitrogens is 4. The molecule has 8 nitrogen and oxygen atoms in total. The van der Waals surface area contributed by atoms with E-state index < -0.39 is 0 Å². The summed E-state index contributed by atoms with van der Waals surface area (Å²) >= 11 is 0. The molecular formula is C24H24N6O2. The highest BCUT2D eigenvalue weighted by Crippen LogP contribution is 2.23. The quantitative estimate of drug-likeness (QED) is 0.391. The van der Waals surface area contributed by atoms with E-state index in [1.165, 1.54) is 16.3 Å². The number of hydrogen-bond donors (Lipinski definition) is 3. The fourth-order valence-corrected chi connectivity index (χ4v) is 3.34. The van der Waals surface area contributed by atoms with Gasteiger partial charge in [0.05, 0.1) is 5.69 Å². The molecule has 4 rings (SSSR count). The third-order valence-corrected chi connectivity index (χ3v) is 4.85. The van der Waals surface area contributed by atoms with Gasteiger partial charge in [-0.3, -0.25) is 15.1 Å². The van der Waals surface area contributed by atoms with Crippen LogP contribution in [0.3, 0.4) is 0 Å².